The molecular weight excluding hydrogens is 240 g/mol. The number of nitrogens with one attached hydrogen (secondary N) is 2. The molecule has 0 unspecified atom stereocenters. The molecule has 4 heteroatoms. The lowest BCUT2D eigenvalue weighted by atomic mass is 10.2. The van der Waals surface area contributed by atoms with Crippen molar-refractivity contribution in [2.45, 2.75) is 26.2 Å². The van der Waals surface area contributed by atoms with E-state index in [9.17, 15) is 4.79 Å². The molecular formula is C15H24N2O2. The summed E-state index contributed by atoms with van der Waals surface area (Å²) in [6, 6.07) is 7.28. The van der Waals surface area contributed by atoms with Crippen LogP contribution in [0.15, 0.2) is 24.3 Å². The first-order valence-electron chi connectivity index (χ1n) is 6.93. The molecule has 0 atom stereocenters. The molecule has 1 rings (SSSR count). The van der Waals surface area contributed by atoms with Crippen LogP contribution in [0.25, 0.3) is 0 Å². The summed E-state index contributed by atoms with van der Waals surface area (Å²) in [6.07, 6.45) is 3.45. The van der Waals surface area contributed by atoms with Gasteiger partial charge in [0, 0.05) is 18.7 Å². The number of carbonyl (C=O) groups excluding carboxylic acids is 1. The molecule has 0 radical (unpaired) electrons. The molecule has 0 saturated heterocycles. The van der Waals surface area contributed by atoms with Crippen LogP contribution in [-0.2, 0) is 0 Å². The van der Waals surface area contributed by atoms with Crippen LogP contribution >= 0.6 is 0 Å². The Morgan fingerprint density at radius 1 is 1.16 bits per heavy atom. The van der Waals surface area contributed by atoms with Gasteiger partial charge in [-0.2, -0.15) is 0 Å². The first-order chi connectivity index (χ1) is 9.27. The number of carbonyl (C=O) groups is 1. The third kappa shape index (κ3) is 6.25. The summed E-state index contributed by atoms with van der Waals surface area (Å²) < 4.78 is 5.60. The summed E-state index contributed by atoms with van der Waals surface area (Å²) in [7, 11) is 1.86. The lowest BCUT2D eigenvalue weighted by Crippen LogP contribution is -2.30. The smallest absolute Gasteiger partial charge is 0.251 e. The van der Waals surface area contributed by atoms with Gasteiger partial charge in [0.05, 0.1) is 6.61 Å². The van der Waals surface area contributed by atoms with Gasteiger partial charge in [0.25, 0.3) is 5.91 Å². The van der Waals surface area contributed by atoms with Crippen molar-refractivity contribution in [3.63, 3.8) is 0 Å². The number of hydrogen-bond acceptors (Lipinski definition) is 3. The van der Waals surface area contributed by atoms with Crippen molar-refractivity contribution >= 4 is 5.91 Å². The van der Waals surface area contributed by atoms with E-state index in [1.54, 1.807) is 12.1 Å². The zero-order valence-corrected chi connectivity index (χ0v) is 11.9. The van der Waals surface area contributed by atoms with Crippen LogP contribution in [0.3, 0.4) is 0 Å². The topological polar surface area (TPSA) is 50.4 Å². The van der Waals surface area contributed by atoms with Crippen LogP contribution in [0.5, 0.6) is 5.75 Å². The normalized spacial score (nSPS) is 10.2. The Morgan fingerprint density at radius 2 is 1.89 bits per heavy atom. The maximum absolute atomic E-state index is 11.8. The average molecular weight is 264 g/mol. The predicted octanol–water partition coefficient (Wildman–Crippen LogP) is 2.20. The van der Waals surface area contributed by atoms with Crippen LogP contribution in [0.1, 0.15) is 36.5 Å². The third-order valence-corrected chi connectivity index (χ3v) is 2.79. The van der Waals surface area contributed by atoms with Gasteiger partial charge in [0.1, 0.15) is 5.75 Å². The van der Waals surface area contributed by atoms with Gasteiger partial charge >= 0.3 is 0 Å². The maximum atomic E-state index is 11.8. The van der Waals surface area contributed by atoms with Crippen molar-refractivity contribution in [2.75, 3.05) is 26.7 Å². The highest BCUT2D eigenvalue weighted by Crippen LogP contribution is 2.12. The van der Waals surface area contributed by atoms with Crippen molar-refractivity contribution in [1.29, 1.82) is 0 Å². The Kier molecular flexibility index (Phi) is 7.66. The van der Waals surface area contributed by atoms with Crippen molar-refractivity contribution in [2.24, 2.45) is 0 Å². The Labute approximate surface area is 115 Å². The van der Waals surface area contributed by atoms with Crippen LogP contribution in [0, 0.1) is 0 Å². The van der Waals surface area contributed by atoms with Gasteiger partial charge in [0.15, 0.2) is 0 Å². The standard InChI is InChI=1S/C15H24N2O2/c1-3-4-5-12-19-14-8-6-13(7-9-14)15(18)17-11-10-16-2/h6-9,16H,3-5,10-12H2,1-2H3,(H,17,18). The van der Waals surface area contributed by atoms with Crippen molar-refractivity contribution in [3.05, 3.63) is 29.8 Å². The Morgan fingerprint density at radius 3 is 2.53 bits per heavy atom. The van der Waals surface area contributed by atoms with Crippen molar-refractivity contribution < 1.29 is 9.53 Å². The number of unbranched alkanes of at least 4 members (excludes halogenated alkanes) is 2. The monoisotopic (exact) mass is 264 g/mol. The highest BCUT2D eigenvalue weighted by molar-refractivity contribution is 5.94. The molecule has 106 valence electrons. The van der Waals surface area contributed by atoms with Crippen LogP contribution in [0.2, 0.25) is 0 Å². The second kappa shape index (κ2) is 9.39. The van der Waals surface area contributed by atoms with Crippen molar-refractivity contribution in [1.82, 2.24) is 10.6 Å². The van der Waals surface area contributed by atoms with Crippen LogP contribution in [0.4, 0.5) is 0 Å². The molecule has 0 bridgehead atoms. The fourth-order valence-electron chi connectivity index (χ4n) is 1.65. The third-order valence-electron chi connectivity index (χ3n) is 2.79. The number of benzene rings is 1. The van der Waals surface area contributed by atoms with E-state index >= 15 is 0 Å². The maximum Gasteiger partial charge on any atom is 0.251 e. The summed E-state index contributed by atoms with van der Waals surface area (Å²) in [5.74, 6) is 0.774. The molecule has 1 amide bonds. The minimum absolute atomic E-state index is 0.0483. The zero-order valence-electron chi connectivity index (χ0n) is 11.9. The predicted molar refractivity (Wildman–Crippen MR) is 77.7 cm³/mol. The highest BCUT2D eigenvalue weighted by Gasteiger charge is 2.04. The van der Waals surface area contributed by atoms with E-state index in [-0.39, 0.29) is 5.91 Å². The summed E-state index contributed by atoms with van der Waals surface area (Å²) in [5.41, 5.74) is 0.664. The number of amides is 1. The van der Waals surface area contributed by atoms with E-state index < -0.39 is 0 Å². The van der Waals surface area contributed by atoms with Gasteiger partial charge in [-0.15, -0.1) is 0 Å². The molecule has 0 aliphatic carbocycles. The van der Waals surface area contributed by atoms with Gasteiger partial charge in [-0.05, 0) is 37.7 Å². The molecule has 4 nitrogen and oxygen atoms in total. The lowest BCUT2D eigenvalue weighted by Gasteiger charge is -2.07. The fraction of sp³-hybridized carbons (Fsp3) is 0.533. The van der Waals surface area contributed by atoms with Crippen LogP contribution < -0.4 is 15.4 Å². The highest BCUT2D eigenvalue weighted by atomic mass is 16.5. The minimum atomic E-state index is -0.0483. The molecule has 1 aromatic rings. The van der Waals surface area contributed by atoms with Gasteiger partial charge in [-0.25, -0.2) is 0 Å². The number of hydrogen-bond donors (Lipinski definition) is 2. The summed E-state index contributed by atoms with van der Waals surface area (Å²) in [6.45, 7) is 4.30. The minimum Gasteiger partial charge on any atom is -0.494 e. The first kappa shape index (κ1) is 15.5. The summed E-state index contributed by atoms with van der Waals surface area (Å²) >= 11 is 0. The quantitative estimate of drug-likeness (QED) is 0.672. The molecule has 0 saturated carbocycles. The zero-order chi connectivity index (χ0) is 13.9. The second-order valence-corrected chi connectivity index (χ2v) is 4.44. The molecule has 0 fully saturated rings. The molecule has 1 aromatic carbocycles. The number of likely N-dealkylation sites (N-methyl/N-ethyl adjacent to an activating group) is 1. The van der Waals surface area contributed by atoms with E-state index in [0.717, 1.165) is 25.3 Å². The molecule has 0 aliphatic rings. The van der Waals surface area contributed by atoms with Gasteiger partial charge in [-0.1, -0.05) is 19.8 Å². The number of rotatable bonds is 9. The Bertz CT molecular complexity index is 363. The largest absolute Gasteiger partial charge is 0.494 e. The van der Waals surface area contributed by atoms with Gasteiger partial charge < -0.3 is 15.4 Å². The average Bonchev–Trinajstić information content (AvgIpc) is 2.44. The van der Waals surface area contributed by atoms with Crippen molar-refractivity contribution in [3.8, 4) is 5.75 Å². The molecule has 0 heterocycles. The molecule has 0 spiro atoms. The van der Waals surface area contributed by atoms with E-state index in [4.69, 9.17) is 4.74 Å². The van der Waals surface area contributed by atoms with Gasteiger partial charge in [0.2, 0.25) is 0 Å². The summed E-state index contributed by atoms with van der Waals surface area (Å²) in [4.78, 5) is 11.8. The molecule has 0 aromatic heterocycles. The molecule has 0 aliphatic heterocycles. The van der Waals surface area contributed by atoms with Gasteiger partial charge in [-0.3, -0.25) is 4.79 Å². The van der Waals surface area contributed by atoms with E-state index in [1.165, 1.54) is 12.8 Å². The fourth-order valence-corrected chi connectivity index (χ4v) is 1.65. The lowest BCUT2D eigenvalue weighted by molar-refractivity contribution is 0.0954. The van der Waals surface area contributed by atoms with E-state index in [0.29, 0.717) is 12.1 Å². The van der Waals surface area contributed by atoms with Crippen LogP contribution in [-0.4, -0.2) is 32.7 Å². The summed E-state index contributed by atoms with van der Waals surface area (Å²) in [5, 5.41) is 5.82. The number of ether oxygens (including phenoxy) is 1. The SMILES string of the molecule is CCCCCOc1ccc(C(=O)NCCNC)cc1. The Balaban J connectivity index is 2.36. The van der Waals surface area contributed by atoms with E-state index in [1.807, 2.05) is 19.2 Å². The Hall–Kier alpha value is -1.55. The second-order valence-electron chi connectivity index (χ2n) is 4.44. The molecule has 2 N–H and O–H groups in total. The van der Waals surface area contributed by atoms with E-state index in [2.05, 4.69) is 17.6 Å². The molecule has 19 heavy (non-hydrogen) atoms. The first-order valence-corrected chi connectivity index (χ1v) is 6.93.